The van der Waals surface area contributed by atoms with Gasteiger partial charge in [-0.2, -0.15) is 0 Å². The number of aliphatic hydroxyl groups excluding tert-OH is 1. The predicted octanol–water partition coefficient (Wildman–Crippen LogP) is 2.04. The molecule has 0 saturated heterocycles. The second-order valence-corrected chi connectivity index (χ2v) is 4.45. The van der Waals surface area contributed by atoms with Gasteiger partial charge in [0.2, 0.25) is 0 Å². The molecule has 1 aliphatic rings. The summed E-state index contributed by atoms with van der Waals surface area (Å²) in [7, 11) is 0. The Morgan fingerprint density at radius 3 is 2.56 bits per heavy atom. The van der Waals surface area contributed by atoms with Crippen molar-refractivity contribution < 1.29 is 9.50 Å². The number of rotatable bonds is 5. The van der Waals surface area contributed by atoms with E-state index in [1.165, 1.54) is 17.7 Å². The lowest BCUT2D eigenvalue weighted by Crippen LogP contribution is -2.40. The minimum atomic E-state index is -0.166. The molecule has 2 N–H and O–H groups in total. The van der Waals surface area contributed by atoms with Gasteiger partial charge in [-0.05, 0) is 49.4 Å². The fourth-order valence-corrected chi connectivity index (χ4v) is 2.18. The fraction of sp³-hybridized carbons (Fsp3) is 0.538. The standard InChI is InChI=1S/C13H18FNO/c14-12-4-2-10(3-5-12)11-8-13(9-11)15-6-1-7-16/h2-5,11,13,15-16H,1,6-9H2. The monoisotopic (exact) mass is 223 g/mol. The lowest BCUT2D eigenvalue weighted by Gasteiger charge is -2.36. The maximum absolute atomic E-state index is 12.7. The molecule has 0 heterocycles. The zero-order chi connectivity index (χ0) is 11.4. The number of halogens is 1. The van der Waals surface area contributed by atoms with Crippen molar-refractivity contribution in [2.45, 2.75) is 31.2 Å². The van der Waals surface area contributed by atoms with Crippen molar-refractivity contribution in [3.63, 3.8) is 0 Å². The van der Waals surface area contributed by atoms with Gasteiger partial charge < -0.3 is 10.4 Å². The van der Waals surface area contributed by atoms with Crippen LogP contribution in [0.5, 0.6) is 0 Å². The molecule has 1 saturated carbocycles. The molecule has 0 aliphatic heterocycles. The average molecular weight is 223 g/mol. The SMILES string of the molecule is OCCCNC1CC(c2ccc(F)cc2)C1. The predicted molar refractivity (Wildman–Crippen MR) is 61.9 cm³/mol. The quantitative estimate of drug-likeness (QED) is 0.749. The van der Waals surface area contributed by atoms with Gasteiger partial charge >= 0.3 is 0 Å². The van der Waals surface area contributed by atoms with E-state index in [-0.39, 0.29) is 12.4 Å². The van der Waals surface area contributed by atoms with Gasteiger partial charge in [0.1, 0.15) is 5.82 Å². The molecular formula is C13H18FNO. The van der Waals surface area contributed by atoms with Gasteiger partial charge in [-0.15, -0.1) is 0 Å². The molecule has 1 aromatic carbocycles. The van der Waals surface area contributed by atoms with E-state index in [1.54, 1.807) is 0 Å². The molecular weight excluding hydrogens is 205 g/mol. The number of nitrogens with one attached hydrogen (secondary N) is 1. The van der Waals surface area contributed by atoms with Crippen LogP contribution in [0, 0.1) is 5.82 Å². The van der Waals surface area contributed by atoms with E-state index in [4.69, 9.17) is 5.11 Å². The molecule has 88 valence electrons. The van der Waals surface area contributed by atoms with Crippen LogP contribution in [0.3, 0.4) is 0 Å². The van der Waals surface area contributed by atoms with Crippen LogP contribution in [0.2, 0.25) is 0 Å². The second kappa shape index (κ2) is 5.41. The maximum Gasteiger partial charge on any atom is 0.123 e. The van der Waals surface area contributed by atoms with Crippen LogP contribution in [0.25, 0.3) is 0 Å². The van der Waals surface area contributed by atoms with Crippen molar-refractivity contribution in [3.8, 4) is 0 Å². The first kappa shape index (κ1) is 11.6. The van der Waals surface area contributed by atoms with Crippen LogP contribution in [-0.2, 0) is 0 Å². The highest BCUT2D eigenvalue weighted by Crippen LogP contribution is 2.36. The minimum Gasteiger partial charge on any atom is -0.396 e. The lowest BCUT2D eigenvalue weighted by molar-refractivity contribution is 0.258. The highest BCUT2D eigenvalue weighted by molar-refractivity contribution is 5.23. The Labute approximate surface area is 95.5 Å². The third kappa shape index (κ3) is 2.80. The van der Waals surface area contributed by atoms with Crippen molar-refractivity contribution in [1.29, 1.82) is 0 Å². The number of hydrogen-bond acceptors (Lipinski definition) is 2. The van der Waals surface area contributed by atoms with Gasteiger partial charge in [-0.1, -0.05) is 12.1 Å². The second-order valence-electron chi connectivity index (χ2n) is 4.45. The van der Waals surface area contributed by atoms with E-state index in [9.17, 15) is 4.39 Å². The Balaban J connectivity index is 1.73. The largest absolute Gasteiger partial charge is 0.396 e. The van der Waals surface area contributed by atoms with Crippen molar-refractivity contribution >= 4 is 0 Å². The summed E-state index contributed by atoms with van der Waals surface area (Å²) in [4.78, 5) is 0. The van der Waals surface area contributed by atoms with Crippen LogP contribution >= 0.6 is 0 Å². The molecule has 3 heteroatoms. The Kier molecular flexibility index (Phi) is 3.91. The van der Waals surface area contributed by atoms with E-state index < -0.39 is 0 Å². The Bertz CT molecular complexity index is 319. The topological polar surface area (TPSA) is 32.3 Å². The van der Waals surface area contributed by atoms with Gasteiger partial charge in [0.25, 0.3) is 0 Å². The smallest absolute Gasteiger partial charge is 0.123 e. The highest BCUT2D eigenvalue weighted by atomic mass is 19.1. The summed E-state index contributed by atoms with van der Waals surface area (Å²) < 4.78 is 12.7. The summed E-state index contributed by atoms with van der Waals surface area (Å²) in [5.41, 5.74) is 1.24. The summed E-state index contributed by atoms with van der Waals surface area (Å²) in [6.07, 6.45) is 3.06. The molecule has 0 spiro atoms. The van der Waals surface area contributed by atoms with E-state index >= 15 is 0 Å². The number of benzene rings is 1. The third-order valence-corrected chi connectivity index (χ3v) is 3.25. The van der Waals surface area contributed by atoms with Gasteiger partial charge in [-0.3, -0.25) is 0 Å². The highest BCUT2D eigenvalue weighted by Gasteiger charge is 2.29. The molecule has 0 atom stereocenters. The van der Waals surface area contributed by atoms with Crippen molar-refractivity contribution in [2.24, 2.45) is 0 Å². The first-order valence-corrected chi connectivity index (χ1v) is 5.89. The van der Waals surface area contributed by atoms with Crippen LogP contribution < -0.4 is 5.32 Å². The molecule has 0 radical (unpaired) electrons. The average Bonchev–Trinajstić information content (AvgIpc) is 2.23. The molecule has 2 nitrogen and oxygen atoms in total. The summed E-state index contributed by atoms with van der Waals surface area (Å²) in [5.74, 6) is 0.410. The van der Waals surface area contributed by atoms with Gasteiger partial charge in [0.05, 0.1) is 0 Å². The Hall–Kier alpha value is -0.930. The van der Waals surface area contributed by atoms with Gasteiger partial charge in [-0.25, -0.2) is 4.39 Å². The van der Waals surface area contributed by atoms with Crippen LogP contribution in [0.15, 0.2) is 24.3 Å². The van der Waals surface area contributed by atoms with Crippen LogP contribution in [-0.4, -0.2) is 24.3 Å². The summed E-state index contributed by atoms with van der Waals surface area (Å²) in [5, 5.41) is 12.0. The van der Waals surface area contributed by atoms with Crippen molar-refractivity contribution in [1.82, 2.24) is 5.32 Å². The third-order valence-electron chi connectivity index (χ3n) is 3.25. The first-order valence-electron chi connectivity index (χ1n) is 5.89. The molecule has 0 aromatic heterocycles. The zero-order valence-corrected chi connectivity index (χ0v) is 9.32. The van der Waals surface area contributed by atoms with E-state index in [2.05, 4.69) is 5.32 Å². The number of aliphatic hydroxyl groups is 1. The summed E-state index contributed by atoms with van der Waals surface area (Å²) in [6.45, 7) is 1.14. The molecule has 1 aromatic rings. The van der Waals surface area contributed by atoms with Crippen molar-refractivity contribution in [2.75, 3.05) is 13.2 Å². The van der Waals surface area contributed by atoms with Crippen LogP contribution in [0.1, 0.15) is 30.7 Å². The summed E-state index contributed by atoms with van der Waals surface area (Å²) in [6, 6.07) is 7.39. The van der Waals surface area contributed by atoms with E-state index in [1.807, 2.05) is 12.1 Å². The Morgan fingerprint density at radius 1 is 1.25 bits per heavy atom. The van der Waals surface area contributed by atoms with Crippen LogP contribution in [0.4, 0.5) is 4.39 Å². The van der Waals surface area contributed by atoms with Gasteiger partial charge in [0.15, 0.2) is 0 Å². The van der Waals surface area contributed by atoms with Crippen molar-refractivity contribution in [3.05, 3.63) is 35.6 Å². The minimum absolute atomic E-state index is 0.166. The fourth-order valence-electron chi connectivity index (χ4n) is 2.18. The normalized spacial score (nSPS) is 24.1. The lowest BCUT2D eigenvalue weighted by atomic mass is 9.76. The molecule has 0 amide bonds. The first-order chi connectivity index (χ1) is 7.79. The van der Waals surface area contributed by atoms with E-state index in [0.29, 0.717) is 12.0 Å². The molecule has 1 fully saturated rings. The zero-order valence-electron chi connectivity index (χ0n) is 9.32. The number of hydrogen-bond donors (Lipinski definition) is 2. The van der Waals surface area contributed by atoms with Gasteiger partial charge in [0, 0.05) is 12.6 Å². The Morgan fingerprint density at radius 2 is 1.94 bits per heavy atom. The molecule has 16 heavy (non-hydrogen) atoms. The molecule has 2 rings (SSSR count). The summed E-state index contributed by atoms with van der Waals surface area (Å²) >= 11 is 0. The van der Waals surface area contributed by atoms with E-state index in [0.717, 1.165) is 25.8 Å². The maximum atomic E-state index is 12.7. The molecule has 1 aliphatic carbocycles. The molecule has 0 unspecified atom stereocenters. The molecule has 0 bridgehead atoms.